The minimum atomic E-state index is -4.70. The van der Waals surface area contributed by atoms with Crippen molar-refractivity contribution >= 4 is 11.6 Å². The van der Waals surface area contributed by atoms with Gasteiger partial charge < -0.3 is 9.84 Å². The van der Waals surface area contributed by atoms with Crippen molar-refractivity contribution in [2.24, 2.45) is 0 Å². The third-order valence-corrected chi connectivity index (χ3v) is 2.87. The maximum Gasteiger partial charge on any atom is 0.435 e. The Balaban J connectivity index is 2.37. The largest absolute Gasteiger partial charge is 0.435 e. The van der Waals surface area contributed by atoms with Crippen LogP contribution >= 0.6 is 0 Å². The molecule has 0 aliphatic heterocycles. The molecule has 1 N–H and O–H groups in total. The monoisotopic (exact) mass is 302 g/mol. The molecule has 2 rings (SSSR count). The molecule has 0 unspecified atom stereocenters. The lowest BCUT2D eigenvalue weighted by molar-refractivity contribution is -0.141. The summed E-state index contributed by atoms with van der Waals surface area (Å²) in [6.07, 6.45) is -3.64. The molecule has 6 nitrogen and oxygen atoms in total. The van der Waals surface area contributed by atoms with E-state index < -0.39 is 23.3 Å². The highest BCUT2D eigenvalue weighted by Gasteiger charge is 2.39. The number of carbonyl (C=O) groups is 1. The van der Waals surface area contributed by atoms with Crippen LogP contribution < -0.4 is 5.32 Å². The Morgan fingerprint density at radius 2 is 2.10 bits per heavy atom. The van der Waals surface area contributed by atoms with E-state index in [1.807, 2.05) is 0 Å². The molecule has 0 bridgehead atoms. The van der Waals surface area contributed by atoms with E-state index in [0.29, 0.717) is 11.5 Å². The number of carbonyl (C=O) groups excluding carboxylic acids is 1. The van der Waals surface area contributed by atoms with Crippen LogP contribution in [-0.4, -0.2) is 20.8 Å². The fourth-order valence-electron chi connectivity index (χ4n) is 1.80. The van der Waals surface area contributed by atoms with Gasteiger partial charge in [0.2, 0.25) is 0 Å². The van der Waals surface area contributed by atoms with E-state index in [2.05, 4.69) is 15.6 Å². The van der Waals surface area contributed by atoms with Crippen molar-refractivity contribution in [3.63, 3.8) is 0 Å². The summed E-state index contributed by atoms with van der Waals surface area (Å²) in [5, 5.41) is 9.39. The number of hydrogen-bond acceptors (Lipinski definition) is 4. The molecule has 0 saturated heterocycles. The standard InChI is InChI=1S/C12H13F3N4O2/c1-4-19-5-8(10(17-19)12(13,14)15)11(20)16-9-6(2)18-21-7(9)3/h5H,4H2,1-3H3,(H,16,20). The summed E-state index contributed by atoms with van der Waals surface area (Å²) < 4.78 is 44.6. The molecule has 2 heterocycles. The van der Waals surface area contributed by atoms with Gasteiger partial charge in [-0.05, 0) is 20.8 Å². The van der Waals surface area contributed by atoms with Gasteiger partial charge in [0.25, 0.3) is 5.91 Å². The molecule has 114 valence electrons. The predicted molar refractivity (Wildman–Crippen MR) is 66.8 cm³/mol. The zero-order valence-electron chi connectivity index (χ0n) is 11.6. The quantitative estimate of drug-likeness (QED) is 0.946. The van der Waals surface area contributed by atoms with Crippen molar-refractivity contribution in [3.05, 3.63) is 28.9 Å². The van der Waals surface area contributed by atoms with E-state index >= 15 is 0 Å². The molecule has 2 aromatic rings. The first kappa shape index (κ1) is 15.1. The first-order valence-electron chi connectivity index (χ1n) is 6.13. The number of nitrogens with zero attached hydrogens (tertiary/aromatic N) is 3. The van der Waals surface area contributed by atoms with Crippen LogP contribution in [0.1, 0.15) is 34.4 Å². The number of nitrogens with one attached hydrogen (secondary N) is 1. The maximum absolute atomic E-state index is 12.9. The van der Waals surface area contributed by atoms with Crippen LogP contribution in [0.3, 0.4) is 0 Å². The number of aromatic nitrogens is 3. The molecule has 0 atom stereocenters. The Hall–Kier alpha value is -2.32. The Morgan fingerprint density at radius 1 is 1.43 bits per heavy atom. The fourth-order valence-corrected chi connectivity index (χ4v) is 1.80. The second-order valence-electron chi connectivity index (χ2n) is 4.40. The van der Waals surface area contributed by atoms with E-state index in [1.165, 1.54) is 0 Å². The molecule has 0 saturated carbocycles. The summed E-state index contributed by atoms with van der Waals surface area (Å²) in [4.78, 5) is 12.1. The summed E-state index contributed by atoms with van der Waals surface area (Å²) in [6, 6.07) is 0. The molecule has 0 aliphatic rings. The summed E-state index contributed by atoms with van der Waals surface area (Å²) >= 11 is 0. The van der Waals surface area contributed by atoms with Crippen LogP contribution in [0.25, 0.3) is 0 Å². The van der Waals surface area contributed by atoms with Gasteiger partial charge in [0.05, 0.1) is 5.56 Å². The van der Waals surface area contributed by atoms with Gasteiger partial charge in [-0.1, -0.05) is 5.16 Å². The van der Waals surface area contributed by atoms with E-state index in [-0.39, 0.29) is 12.2 Å². The van der Waals surface area contributed by atoms with Gasteiger partial charge in [-0.15, -0.1) is 0 Å². The van der Waals surface area contributed by atoms with Crippen molar-refractivity contribution in [1.82, 2.24) is 14.9 Å². The molecule has 0 fully saturated rings. The van der Waals surface area contributed by atoms with Crippen LogP contribution in [0.4, 0.5) is 18.9 Å². The first-order valence-corrected chi connectivity index (χ1v) is 6.13. The van der Waals surface area contributed by atoms with Crippen molar-refractivity contribution in [2.75, 3.05) is 5.32 Å². The van der Waals surface area contributed by atoms with Crippen LogP contribution in [0.2, 0.25) is 0 Å². The number of anilines is 1. The third-order valence-electron chi connectivity index (χ3n) is 2.87. The summed E-state index contributed by atoms with van der Waals surface area (Å²) in [5.41, 5.74) is -1.10. The minimum Gasteiger partial charge on any atom is -0.359 e. The summed E-state index contributed by atoms with van der Waals surface area (Å²) in [6.45, 7) is 4.98. The smallest absolute Gasteiger partial charge is 0.359 e. The predicted octanol–water partition coefficient (Wildman–Crippen LogP) is 2.78. The van der Waals surface area contributed by atoms with Crippen molar-refractivity contribution in [2.45, 2.75) is 33.5 Å². The molecule has 21 heavy (non-hydrogen) atoms. The Labute approximate surface area is 117 Å². The number of alkyl halides is 3. The highest BCUT2D eigenvalue weighted by molar-refractivity contribution is 6.05. The lowest BCUT2D eigenvalue weighted by Gasteiger charge is -2.06. The van der Waals surface area contributed by atoms with Crippen molar-refractivity contribution < 1.29 is 22.5 Å². The summed E-state index contributed by atoms with van der Waals surface area (Å²) in [7, 11) is 0. The second-order valence-corrected chi connectivity index (χ2v) is 4.40. The molecule has 9 heteroatoms. The summed E-state index contributed by atoms with van der Waals surface area (Å²) in [5.74, 6) is -0.589. The SMILES string of the molecule is CCn1cc(C(=O)Nc2c(C)noc2C)c(C(F)(F)F)n1. The van der Waals surface area contributed by atoms with Gasteiger partial charge >= 0.3 is 6.18 Å². The van der Waals surface area contributed by atoms with Gasteiger partial charge in [0, 0.05) is 12.7 Å². The van der Waals surface area contributed by atoms with E-state index in [1.54, 1.807) is 20.8 Å². The number of halogens is 3. The number of rotatable bonds is 3. The molecule has 0 aromatic carbocycles. The molecular formula is C12H13F3N4O2. The average molecular weight is 302 g/mol. The fraction of sp³-hybridized carbons (Fsp3) is 0.417. The number of hydrogen-bond donors (Lipinski definition) is 1. The van der Waals surface area contributed by atoms with Crippen molar-refractivity contribution in [1.29, 1.82) is 0 Å². The highest BCUT2D eigenvalue weighted by atomic mass is 19.4. The first-order chi connectivity index (χ1) is 9.74. The van der Waals surface area contributed by atoms with E-state index in [0.717, 1.165) is 10.9 Å². The van der Waals surface area contributed by atoms with Crippen LogP contribution in [0.5, 0.6) is 0 Å². The normalized spacial score (nSPS) is 11.7. The third kappa shape index (κ3) is 2.91. The minimum absolute atomic E-state index is 0.224. The average Bonchev–Trinajstić information content (AvgIpc) is 2.96. The Morgan fingerprint density at radius 3 is 2.57 bits per heavy atom. The zero-order chi connectivity index (χ0) is 15.8. The van der Waals surface area contributed by atoms with E-state index in [9.17, 15) is 18.0 Å². The molecule has 2 aromatic heterocycles. The molecule has 1 amide bonds. The molecule has 0 radical (unpaired) electrons. The van der Waals surface area contributed by atoms with Gasteiger partial charge in [-0.25, -0.2) is 0 Å². The number of aryl methyl sites for hydroxylation is 3. The maximum atomic E-state index is 12.9. The zero-order valence-corrected chi connectivity index (χ0v) is 11.6. The topological polar surface area (TPSA) is 73.0 Å². The van der Waals surface area contributed by atoms with Crippen LogP contribution in [0, 0.1) is 13.8 Å². The lowest BCUT2D eigenvalue weighted by atomic mass is 10.2. The van der Waals surface area contributed by atoms with Crippen LogP contribution in [0.15, 0.2) is 10.7 Å². The molecule has 0 aliphatic carbocycles. The Bertz CT molecular complexity index is 653. The lowest BCUT2D eigenvalue weighted by Crippen LogP contribution is -2.18. The van der Waals surface area contributed by atoms with Gasteiger partial charge in [-0.3, -0.25) is 9.48 Å². The second kappa shape index (κ2) is 5.23. The van der Waals surface area contributed by atoms with Gasteiger partial charge in [0.15, 0.2) is 11.5 Å². The highest BCUT2D eigenvalue weighted by Crippen LogP contribution is 2.31. The molecular weight excluding hydrogens is 289 g/mol. The molecule has 0 spiro atoms. The van der Waals surface area contributed by atoms with Gasteiger partial charge in [0.1, 0.15) is 11.4 Å². The van der Waals surface area contributed by atoms with E-state index in [4.69, 9.17) is 4.52 Å². The number of amides is 1. The van der Waals surface area contributed by atoms with Crippen molar-refractivity contribution in [3.8, 4) is 0 Å². The van der Waals surface area contributed by atoms with Gasteiger partial charge in [-0.2, -0.15) is 18.3 Å². The van der Waals surface area contributed by atoms with Crippen LogP contribution in [-0.2, 0) is 12.7 Å². The Kier molecular flexibility index (Phi) is 3.75.